The lowest BCUT2D eigenvalue weighted by Crippen LogP contribution is -2.60. The van der Waals surface area contributed by atoms with Crippen molar-refractivity contribution < 1.29 is 54.0 Å². The third kappa shape index (κ3) is 13.3. The van der Waals surface area contributed by atoms with Crippen LogP contribution in [0, 0.1) is 0 Å². The van der Waals surface area contributed by atoms with Crippen molar-refractivity contribution in [2.24, 2.45) is 5.73 Å². The van der Waals surface area contributed by atoms with E-state index in [0.29, 0.717) is 16.7 Å². The van der Waals surface area contributed by atoms with Crippen molar-refractivity contribution in [1.29, 1.82) is 0 Å². The highest BCUT2D eigenvalue weighted by atomic mass is 16.4. The van der Waals surface area contributed by atoms with Gasteiger partial charge < -0.3 is 62.7 Å². The number of rotatable bonds is 23. The Balaban J connectivity index is 1.20. The van der Waals surface area contributed by atoms with Crippen molar-refractivity contribution in [3.63, 3.8) is 0 Å². The van der Waals surface area contributed by atoms with Gasteiger partial charge in [0.25, 0.3) is 0 Å². The number of aliphatic carboxylic acids is 2. The van der Waals surface area contributed by atoms with Crippen LogP contribution in [-0.4, -0.2) is 115 Å². The number of aliphatic hydroxyl groups excluding tert-OH is 1. The number of nitrogens with two attached hydrogens (primary N) is 1. The van der Waals surface area contributed by atoms with E-state index in [-0.39, 0.29) is 31.4 Å². The van der Waals surface area contributed by atoms with Crippen molar-refractivity contribution in [1.82, 2.24) is 36.6 Å². The smallest absolute Gasteiger partial charge is 0.326 e. The second kappa shape index (κ2) is 22.7. The van der Waals surface area contributed by atoms with E-state index in [4.69, 9.17) is 5.73 Å². The number of carbonyl (C=O) groups excluding carboxylic acids is 5. The highest BCUT2D eigenvalue weighted by Crippen LogP contribution is 2.21. The summed E-state index contributed by atoms with van der Waals surface area (Å²) in [7, 11) is 0. The fraction of sp³-hybridized carbons (Fsp3) is 0.271. The summed E-state index contributed by atoms with van der Waals surface area (Å²) in [5, 5.41) is 54.0. The zero-order valence-electron chi connectivity index (χ0n) is 36.1. The molecular formula is C48H52N8O11. The number of carboxylic acid groups (broad SMARTS) is 2. The molecule has 6 aromatic rings. The largest absolute Gasteiger partial charge is 0.508 e. The normalized spacial score (nSPS) is 13.9. The van der Waals surface area contributed by atoms with Crippen molar-refractivity contribution in [2.75, 3.05) is 6.61 Å². The number of amides is 5. The molecule has 6 atom stereocenters. The first-order valence-corrected chi connectivity index (χ1v) is 21.4. The van der Waals surface area contributed by atoms with E-state index in [1.165, 1.54) is 24.3 Å². The molecule has 13 N–H and O–H groups in total. The molecule has 0 unspecified atom stereocenters. The zero-order chi connectivity index (χ0) is 48.0. The Hall–Kier alpha value is -8.03. The predicted molar refractivity (Wildman–Crippen MR) is 245 cm³/mol. The monoisotopic (exact) mass is 916 g/mol. The van der Waals surface area contributed by atoms with E-state index in [2.05, 4.69) is 36.6 Å². The maximum Gasteiger partial charge on any atom is 0.326 e. The maximum atomic E-state index is 14.3. The molecule has 19 nitrogen and oxygen atoms in total. The number of fused-ring (bicyclic) bond motifs is 2. The number of aliphatic hydroxyl groups is 1. The van der Waals surface area contributed by atoms with Crippen LogP contribution in [0.2, 0.25) is 0 Å². The third-order valence-electron chi connectivity index (χ3n) is 11.2. The fourth-order valence-electron chi connectivity index (χ4n) is 7.59. The van der Waals surface area contributed by atoms with E-state index in [1.54, 1.807) is 67.0 Å². The summed E-state index contributed by atoms with van der Waals surface area (Å²) in [4.78, 5) is 99.7. The SMILES string of the molecule is N[C@@H](Cc1c[nH]c2ccccc12)C(=O)N[C@@H](CO)C(=O)N[C@@H](Cc1ccccc1)C(=O)N[C@@H](Cc1ccc(O)cc1)C(=O)N[C@@H](CCC(=O)O)C(=O)N[C@@H](Cc1c[nH]c2ccccc12)C(=O)O. The number of hydrogen-bond acceptors (Lipinski definition) is 10. The van der Waals surface area contributed by atoms with Gasteiger partial charge in [-0.25, -0.2) is 4.79 Å². The Labute approximate surface area is 383 Å². The summed E-state index contributed by atoms with van der Waals surface area (Å²) >= 11 is 0. The van der Waals surface area contributed by atoms with Crippen LogP contribution in [0.5, 0.6) is 5.75 Å². The quantitative estimate of drug-likeness (QED) is 0.0433. The average Bonchev–Trinajstić information content (AvgIpc) is 3.93. The molecule has 0 bridgehead atoms. The Morgan fingerprint density at radius 3 is 1.49 bits per heavy atom. The molecule has 5 amide bonds. The van der Waals surface area contributed by atoms with Crippen molar-refractivity contribution in [3.05, 3.63) is 138 Å². The van der Waals surface area contributed by atoms with Crippen LogP contribution >= 0.6 is 0 Å². The van der Waals surface area contributed by atoms with Crippen LogP contribution in [0.15, 0.2) is 116 Å². The minimum absolute atomic E-state index is 0.0881. The number of carbonyl (C=O) groups is 7. The maximum absolute atomic E-state index is 14.3. The van der Waals surface area contributed by atoms with E-state index < -0.39 is 97.2 Å². The van der Waals surface area contributed by atoms with Gasteiger partial charge >= 0.3 is 11.9 Å². The topological polar surface area (TPSA) is 318 Å². The fourth-order valence-corrected chi connectivity index (χ4v) is 7.59. The molecule has 0 spiro atoms. The molecule has 0 saturated carbocycles. The van der Waals surface area contributed by atoms with Gasteiger partial charge in [0.1, 0.15) is 36.0 Å². The van der Waals surface area contributed by atoms with Gasteiger partial charge in [-0.2, -0.15) is 0 Å². The summed E-state index contributed by atoms with van der Waals surface area (Å²) < 4.78 is 0. The molecule has 350 valence electrons. The van der Waals surface area contributed by atoms with Gasteiger partial charge in [0.2, 0.25) is 29.5 Å². The molecule has 0 aliphatic carbocycles. The first kappa shape index (κ1) is 48.4. The van der Waals surface area contributed by atoms with Crippen LogP contribution < -0.4 is 32.3 Å². The highest BCUT2D eigenvalue weighted by Gasteiger charge is 2.34. The minimum atomic E-state index is -1.59. The number of phenolic OH excluding ortho intramolecular Hbond substituents is 1. The molecular weight excluding hydrogens is 865 g/mol. The van der Waals surface area contributed by atoms with E-state index >= 15 is 0 Å². The first-order chi connectivity index (χ1) is 32.2. The number of aromatic hydroxyl groups is 1. The second-order valence-corrected chi connectivity index (χ2v) is 16.1. The summed E-state index contributed by atoms with van der Waals surface area (Å²) in [5.41, 5.74) is 10.2. The zero-order valence-corrected chi connectivity index (χ0v) is 36.1. The molecule has 2 heterocycles. The number of phenols is 1. The molecule has 2 aromatic heterocycles. The molecule has 67 heavy (non-hydrogen) atoms. The second-order valence-electron chi connectivity index (χ2n) is 16.1. The van der Waals surface area contributed by atoms with Crippen LogP contribution in [0.4, 0.5) is 0 Å². The summed E-state index contributed by atoms with van der Waals surface area (Å²) in [6.07, 6.45) is 1.86. The number of para-hydroxylation sites is 2. The van der Waals surface area contributed by atoms with Crippen LogP contribution in [-0.2, 0) is 59.2 Å². The van der Waals surface area contributed by atoms with Gasteiger partial charge in [-0.1, -0.05) is 78.9 Å². The van der Waals surface area contributed by atoms with Gasteiger partial charge in [0, 0.05) is 59.9 Å². The molecule has 0 radical (unpaired) electrons. The van der Waals surface area contributed by atoms with E-state index in [1.807, 2.05) is 24.3 Å². The lowest BCUT2D eigenvalue weighted by Gasteiger charge is -2.27. The van der Waals surface area contributed by atoms with Gasteiger partial charge in [0.15, 0.2) is 0 Å². The number of aromatic nitrogens is 2. The molecule has 19 heteroatoms. The van der Waals surface area contributed by atoms with Gasteiger partial charge in [-0.05, 0) is 59.4 Å². The van der Waals surface area contributed by atoms with Crippen LogP contribution in [0.3, 0.4) is 0 Å². The Bertz CT molecular complexity index is 2700. The first-order valence-electron chi connectivity index (χ1n) is 21.4. The lowest BCUT2D eigenvalue weighted by molar-refractivity contribution is -0.143. The molecule has 0 saturated heterocycles. The minimum Gasteiger partial charge on any atom is -0.508 e. The number of aromatic amines is 2. The number of hydrogen-bond donors (Lipinski definition) is 12. The predicted octanol–water partition coefficient (Wildman–Crippen LogP) is 1.32. The van der Waals surface area contributed by atoms with Gasteiger partial charge in [-0.3, -0.25) is 28.8 Å². The number of nitrogens with one attached hydrogen (secondary N) is 7. The standard InChI is InChI=1S/C48H52N8O11/c49-34(22-29-24-50-35-12-6-4-10-32(29)35)43(61)56-41(26-57)47(65)54-38(20-27-8-2-1-3-9-27)46(64)53-39(21-28-14-16-31(58)17-15-28)45(63)52-37(18-19-42(59)60)44(62)55-40(48(66)67)23-30-25-51-36-13-7-5-11-33(30)36/h1-17,24-25,34,37-41,50-51,57-58H,18-23,26,49H2,(H,52,63)(H,53,64)(H,54,65)(H,55,62)(H,56,61)(H,59,60)(H,66,67)/t34-,37-,38-,39-,40-,41-/m0/s1. The molecule has 4 aromatic carbocycles. The number of benzene rings is 4. The summed E-state index contributed by atoms with van der Waals surface area (Å²) in [6, 6.07) is 20.1. The summed E-state index contributed by atoms with van der Waals surface area (Å²) in [6.45, 7) is -0.868. The highest BCUT2D eigenvalue weighted by molar-refractivity contribution is 5.97. The van der Waals surface area contributed by atoms with Crippen molar-refractivity contribution in [3.8, 4) is 5.75 Å². The molecule has 0 fully saturated rings. The molecule has 0 aliphatic heterocycles. The van der Waals surface area contributed by atoms with Gasteiger partial charge in [0.05, 0.1) is 12.6 Å². The summed E-state index contributed by atoms with van der Waals surface area (Å²) in [5.74, 6) is -7.33. The third-order valence-corrected chi connectivity index (χ3v) is 11.2. The lowest BCUT2D eigenvalue weighted by atomic mass is 10.0. The van der Waals surface area contributed by atoms with Crippen molar-refractivity contribution in [2.45, 2.75) is 74.8 Å². The van der Waals surface area contributed by atoms with E-state index in [9.17, 15) is 54.0 Å². The Morgan fingerprint density at radius 1 is 0.507 bits per heavy atom. The number of H-pyrrole nitrogens is 2. The number of carboxylic acids is 2. The van der Waals surface area contributed by atoms with Gasteiger partial charge in [-0.15, -0.1) is 0 Å². The van der Waals surface area contributed by atoms with E-state index in [0.717, 1.165) is 27.4 Å². The van der Waals surface area contributed by atoms with Crippen LogP contribution in [0.1, 0.15) is 35.1 Å². The van der Waals surface area contributed by atoms with Crippen molar-refractivity contribution >= 4 is 63.3 Å². The average molecular weight is 917 g/mol. The molecule has 6 rings (SSSR count). The van der Waals surface area contributed by atoms with Crippen LogP contribution in [0.25, 0.3) is 21.8 Å². The Morgan fingerprint density at radius 2 is 0.955 bits per heavy atom. The molecule has 0 aliphatic rings. The Kier molecular flexibility index (Phi) is 16.4.